The van der Waals surface area contributed by atoms with Gasteiger partial charge in [-0.25, -0.2) is 4.98 Å². The number of fused-ring (bicyclic) bond motifs is 1. The minimum atomic E-state index is -0.444. The highest BCUT2D eigenvalue weighted by Crippen LogP contribution is 2.30. The number of ether oxygens (including phenoxy) is 2. The number of allylic oxidation sites excluding steroid dienone is 1. The Hall–Kier alpha value is -4.64. The van der Waals surface area contributed by atoms with Gasteiger partial charge in [0.25, 0.3) is 5.69 Å². The maximum absolute atomic E-state index is 10.9. The maximum Gasteiger partial charge on any atom is 0.269 e. The number of nitro groups is 1. The fourth-order valence-electron chi connectivity index (χ4n) is 3.21. The van der Waals surface area contributed by atoms with Gasteiger partial charge in [-0.15, -0.1) is 0 Å². The summed E-state index contributed by atoms with van der Waals surface area (Å²) in [5.41, 5.74) is 3.43. The van der Waals surface area contributed by atoms with Gasteiger partial charge in [0.15, 0.2) is 11.5 Å². The number of non-ortho nitro benzene ring substituents is 1. The van der Waals surface area contributed by atoms with E-state index in [9.17, 15) is 15.4 Å². The number of nitrogens with one attached hydrogen (secondary N) is 1. The zero-order chi connectivity index (χ0) is 22.5. The second kappa shape index (κ2) is 9.02. The number of nitrogens with zero attached hydrogens (tertiary/aromatic N) is 3. The molecule has 0 saturated heterocycles. The average molecular weight is 426 g/mol. The molecule has 1 N–H and O–H groups in total. The van der Waals surface area contributed by atoms with Gasteiger partial charge in [0.1, 0.15) is 18.5 Å². The predicted octanol–water partition coefficient (Wildman–Crippen LogP) is 5.12. The largest absolute Gasteiger partial charge is 0.493 e. The van der Waals surface area contributed by atoms with Crippen LogP contribution in [-0.2, 0) is 6.61 Å². The first-order chi connectivity index (χ1) is 15.6. The van der Waals surface area contributed by atoms with Gasteiger partial charge >= 0.3 is 0 Å². The summed E-state index contributed by atoms with van der Waals surface area (Å²) in [5, 5.41) is 20.6. The third-order valence-electron chi connectivity index (χ3n) is 4.78. The number of aromatic nitrogens is 2. The first-order valence-corrected chi connectivity index (χ1v) is 9.68. The molecule has 4 aromatic rings. The SMILES string of the molecule is COc1cc(/C=C(/C#N)c2nc3ccccc3[nH]2)ccc1OCc1cccc([N+](=O)[O-])c1. The number of benzene rings is 3. The molecule has 4 rings (SSSR count). The molecule has 0 bridgehead atoms. The third-order valence-corrected chi connectivity index (χ3v) is 4.78. The lowest BCUT2D eigenvalue weighted by Gasteiger charge is -2.11. The molecule has 0 unspecified atom stereocenters. The topological polar surface area (TPSA) is 114 Å². The molecule has 32 heavy (non-hydrogen) atoms. The molecule has 158 valence electrons. The number of hydrogen-bond donors (Lipinski definition) is 1. The maximum atomic E-state index is 10.9. The van der Waals surface area contributed by atoms with E-state index in [1.54, 1.807) is 36.4 Å². The predicted molar refractivity (Wildman–Crippen MR) is 120 cm³/mol. The number of H-pyrrole nitrogens is 1. The smallest absolute Gasteiger partial charge is 0.269 e. The highest BCUT2D eigenvalue weighted by molar-refractivity contribution is 5.90. The lowest BCUT2D eigenvalue weighted by Crippen LogP contribution is -1.99. The van der Waals surface area contributed by atoms with Gasteiger partial charge in [-0.1, -0.05) is 30.3 Å². The molecule has 0 aliphatic heterocycles. The summed E-state index contributed by atoms with van der Waals surface area (Å²) >= 11 is 0. The monoisotopic (exact) mass is 426 g/mol. The fourth-order valence-corrected chi connectivity index (χ4v) is 3.21. The van der Waals surface area contributed by atoms with Crippen LogP contribution in [0.5, 0.6) is 11.5 Å². The van der Waals surface area contributed by atoms with Gasteiger partial charge in [0.2, 0.25) is 0 Å². The van der Waals surface area contributed by atoms with E-state index in [1.165, 1.54) is 19.2 Å². The van der Waals surface area contributed by atoms with Crippen molar-refractivity contribution in [2.24, 2.45) is 0 Å². The summed E-state index contributed by atoms with van der Waals surface area (Å²) < 4.78 is 11.2. The molecule has 0 amide bonds. The number of methoxy groups -OCH3 is 1. The van der Waals surface area contributed by atoms with Crippen LogP contribution < -0.4 is 9.47 Å². The first-order valence-electron chi connectivity index (χ1n) is 9.68. The van der Waals surface area contributed by atoms with E-state index in [0.29, 0.717) is 28.5 Å². The van der Waals surface area contributed by atoms with Crippen LogP contribution in [0.15, 0.2) is 66.7 Å². The van der Waals surface area contributed by atoms with Crippen molar-refractivity contribution in [3.05, 3.63) is 93.8 Å². The Kier molecular flexibility index (Phi) is 5.81. The second-order valence-electron chi connectivity index (χ2n) is 6.90. The summed E-state index contributed by atoms with van der Waals surface area (Å²) in [5.74, 6) is 1.45. The van der Waals surface area contributed by atoms with E-state index in [0.717, 1.165) is 16.6 Å². The van der Waals surface area contributed by atoms with Crippen molar-refractivity contribution < 1.29 is 14.4 Å². The third kappa shape index (κ3) is 4.42. The molecule has 3 aromatic carbocycles. The molecule has 0 saturated carbocycles. The molecule has 0 fully saturated rings. The van der Waals surface area contributed by atoms with Crippen LogP contribution in [0.4, 0.5) is 5.69 Å². The quantitative estimate of drug-likeness (QED) is 0.249. The van der Waals surface area contributed by atoms with Gasteiger partial charge in [-0.05, 0) is 41.5 Å². The minimum Gasteiger partial charge on any atom is -0.493 e. The number of nitriles is 1. The van der Waals surface area contributed by atoms with Crippen molar-refractivity contribution in [1.29, 1.82) is 5.26 Å². The fraction of sp³-hybridized carbons (Fsp3) is 0.0833. The summed E-state index contributed by atoms with van der Waals surface area (Å²) in [6.07, 6.45) is 1.71. The summed E-state index contributed by atoms with van der Waals surface area (Å²) in [6.45, 7) is 0.148. The zero-order valence-electron chi connectivity index (χ0n) is 17.1. The number of para-hydroxylation sites is 2. The first kappa shape index (κ1) is 20.6. The Bertz CT molecular complexity index is 1330. The standard InChI is InChI=1S/C24H18N4O4/c1-31-23-13-16(11-18(14-25)24-26-20-7-2-3-8-21(20)27-24)9-10-22(23)32-15-17-5-4-6-19(12-17)28(29)30/h2-13H,15H2,1H3,(H,26,27)/b18-11-. The van der Waals surface area contributed by atoms with Crippen molar-refractivity contribution in [1.82, 2.24) is 9.97 Å². The number of hydrogen-bond acceptors (Lipinski definition) is 6. The minimum absolute atomic E-state index is 0.00756. The van der Waals surface area contributed by atoms with Gasteiger partial charge in [-0.3, -0.25) is 10.1 Å². The van der Waals surface area contributed by atoms with Crippen LogP contribution in [0.1, 0.15) is 17.0 Å². The summed E-state index contributed by atoms with van der Waals surface area (Å²) in [7, 11) is 1.52. The van der Waals surface area contributed by atoms with Crippen LogP contribution >= 0.6 is 0 Å². The normalized spacial score (nSPS) is 11.2. The van der Waals surface area contributed by atoms with Crippen molar-refractivity contribution in [3.63, 3.8) is 0 Å². The van der Waals surface area contributed by atoms with E-state index in [2.05, 4.69) is 16.0 Å². The van der Waals surface area contributed by atoms with E-state index >= 15 is 0 Å². The van der Waals surface area contributed by atoms with Crippen LogP contribution in [0, 0.1) is 21.4 Å². The molecule has 1 heterocycles. The average Bonchev–Trinajstić information content (AvgIpc) is 3.25. The van der Waals surface area contributed by atoms with Crippen LogP contribution in [-0.4, -0.2) is 22.0 Å². The molecule has 8 heteroatoms. The van der Waals surface area contributed by atoms with Gasteiger partial charge in [-0.2, -0.15) is 5.26 Å². The molecule has 0 radical (unpaired) electrons. The van der Waals surface area contributed by atoms with E-state index in [-0.39, 0.29) is 12.3 Å². The summed E-state index contributed by atoms with van der Waals surface area (Å²) in [4.78, 5) is 18.1. The van der Waals surface area contributed by atoms with E-state index in [1.807, 2.05) is 24.3 Å². The number of imidazole rings is 1. The highest BCUT2D eigenvalue weighted by atomic mass is 16.6. The number of rotatable bonds is 7. The molecule has 0 spiro atoms. The van der Waals surface area contributed by atoms with Crippen molar-refractivity contribution in [2.75, 3.05) is 7.11 Å². The number of nitro benzene ring substituents is 1. The molecule has 0 atom stereocenters. The van der Waals surface area contributed by atoms with Gasteiger partial charge < -0.3 is 14.5 Å². The Morgan fingerprint density at radius 3 is 2.75 bits per heavy atom. The van der Waals surface area contributed by atoms with Crippen molar-refractivity contribution >= 4 is 28.4 Å². The second-order valence-corrected chi connectivity index (χ2v) is 6.90. The van der Waals surface area contributed by atoms with Crippen molar-refractivity contribution in [3.8, 4) is 17.6 Å². The molecule has 0 aliphatic carbocycles. The van der Waals surface area contributed by atoms with Crippen LogP contribution in [0.2, 0.25) is 0 Å². The molecule has 8 nitrogen and oxygen atoms in total. The lowest BCUT2D eigenvalue weighted by molar-refractivity contribution is -0.384. The van der Waals surface area contributed by atoms with E-state index < -0.39 is 4.92 Å². The Morgan fingerprint density at radius 2 is 2.00 bits per heavy atom. The van der Waals surface area contributed by atoms with E-state index in [4.69, 9.17) is 9.47 Å². The van der Waals surface area contributed by atoms with Gasteiger partial charge in [0.05, 0.1) is 28.6 Å². The van der Waals surface area contributed by atoms with Crippen LogP contribution in [0.25, 0.3) is 22.7 Å². The number of aromatic amines is 1. The van der Waals surface area contributed by atoms with Gasteiger partial charge in [0, 0.05) is 12.1 Å². The van der Waals surface area contributed by atoms with Crippen LogP contribution in [0.3, 0.4) is 0 Å². The molecule has 1 aromatic heterocycles. The molecular formula is C24H18N4O4. The highest BCUT2D eigenvalue weighted by Gasteiger charge is 2.11. The molecular weight excluding hydrogens is 408 g/mol. The zero-order valence-corrected chi connectivity index (χ0v) is 17.1. The Labute approximate surface area is 183 Å². The Balaban J connectivity index is 1.56. The Morgan fingerprint density at radius 1 is 1.16 bits per heavy atom. The lowest BCUT2D eigenvalue weighted by atomic mass is 10.1. The molecule has 0 aliphatic rings. The van der Waals surface area contributed by atoms with Crippen molar-refractivity contribution in [2.45, 2.75) is 6.61 Å². The summed E-state index contributed by atoms with van der Waals surface area (Å²) in [6, 6.07) is 21.3.